The average molecular weight is 260 g/mol. The van der Waals surface area contributed by atoms with Crippen LogP contribution < -0.4 is 5.73 Å². The minimum Gasteiger partial charge on any atom is -0.327 e. The summed E-state index contributed by atoms with van der Waals surface area (Å²) in [6.07, 6.45) is 4.85. The van der Waals surface area contributed by atoms with Crippen LogP contribution in [0.1, 0.15) is 43.2 Å². The van der Waals surface area contributed by atoms with Crippen LogP contribution in [0.3, 0.4) is 0 Å². The van der Waals surface area contributed by atoms with Gasteiger partial charge in [-0.2, -0.15) is 0 Å². The maximum absolute atomic E-state index is 6.36. The highest BCUT2D eigenvalue weighted by Crippen LogP contribution is 2.41. The Morgan fingerprint density at radius 3 is 3.00 bits per heavy atom. The summed E-state index contributed by atoms with van der Waals surface area (Å²) in [7, 11) is 0. The number of fused-ring (bicyclic) bond motifs is 1. The Kier molecular flexibility index (Phi) is 2.91. The Morgan fingerprint density at radius 2 is 2.22 bits per heavy atom. The van der Waals surface area contributed by atoms with Gasteiger partial charge in [0.15, 0.2) is 0 Å². The molecule has 2 atom stereocenters. The summed E-state index contributed by atoms with van der Waals surface area (Å²) in [6, 6.07) is 6.75. The van der Waals surface area contributed by atoms with Crippen molar-refractivity contribution < 1.29 is 0 Å². The molecule has 0 amide bonds. The molecule has 1 fully saturated rings. The van der Waals surface area contributed by atoms with Gasteiger partial charge in [-0.3, -0.25) is 0 Å². The molecule has 0 radical (unpaired) electrons. The highest BCUT2D eigenvalue weighted by molar-refractivity contribution is 7.18. The van der Waals surface area contributed by atoms with E-state index in [9.17, 15) is 0 Å². The molecule has 1 heterocycles. The topological polar surface area (TPSA) is 38.9 Å². The third-order valence-electron chi connectivity index (χ3n) is 4.31. The van der Waals surface area contributed by atoms with Crippen LogP contribution >= 0.6 is 11.3 Å². The number of thiazole rings is 1. The van der Waals surface area contributed by atoms with E-state index in [1.807, 2.05) is 11.3 Å². The Balaban J connectivity index is 2.07. The first kappa shape index (κ1) is 12.1. The third kappa shape index (κ3) is 1.86. The zero-order chi connectivity index (χ0) is 12.8. The molecule has 1 aliphatic rings. The molecule has 2 N–H and O–H groups in total. The fourth-order valence-corrected chi connectivity index (χ4v) is 4.20. The number of benzene rings is 1. The number of hydrogen-bond acceptors (Lipinski definition) is 3. The van der Waals surface area contributed by atoms with Gasteiger partial charge in [0.25, 0.3) is 0 Å². The van der Waals surface area contributed by atoms with E-state index in [1.54, 1.807) is 0 Å². The molecule has 2 nitrogen and oxygen atoms in total. The van der Waals surface area contributed by atoms with Gasteiger partial charge in [-0.25, -0.2) is 4.98 Å². The van der Waals surface area contributed by atoms with Crippen molar-refractivity contribution in [2.75, 3.05) is 0 Å². The van der Waals surface area contributed by atoms with Gasteiger partial charge in [0, 0.05) is 11.5 Å². The highest BCUT2D eigenvalue weighted by Gasteiger charge is 2.38. The molecule has 3 rings (SSSR count). The van der Waals surface area contributed by atoms with Gasteiger partial charge in [0.2, 0.25) is 0 Å². The number of rotatable bonds is 1. The van der Waals surface area contributed by atoms with Crippen LogP contribution in [-0.4, -0.2) is 11.0 Å². The van der Waals surface area contributed by atoms with Crippen LogP contribution in [0.5, 0.6) is 0 Å². The van der Waals surface area contributed by atoms with Crippen LogP contribution in [0.2, 0.25) is 0 Å². The van der Waals surface area contributed by atoms with Gasteiger partial charge < -0.3 is 5.73 Å². The third-order valence-corrected chi connectivity index (χ3v) is 5.61. The Morgan fingerprint density at radius 1 is 1.39 bits per heavy atom. The molecular formula is C15H20N2S. The summed E-state index contributed by atoms with van der Waals surface area (Å²) in [5.41, 5.74) is 8.87. The Labute approximate surface area is 112 Å². The van der Waals surface area contributed by atoms with Gasteiger partial charge in [-0.15, -0.1) is 11.3 Å². The fourth-order valence-electron chi connectivity index (χ4n) is 2.90. The maximum atomic E-state index is 6.36. The lowest BCUT2D eigenvalue weighted by Crippen LogP contribution is -2.45. The number of aromatic nitrogens is 1. The fraction of sp³-hybridized carbons (Fsp3) is 0.533. The molecule has 18 heavy (non-hydrogen) atoms. The summed E-state index contributed by atoms with van der Waals surface area (Å²) < 4.78 is 1.30. The molecule has 1 aliphatic carbocycles. The molecule has 2 aromatic rings. The smallest absolute Gasteiger partial charge is 0.101 e. The predicted molar refractivity (Wildman–Crippen MR) is 78.2 cm³/mol. The molecule has 1 aromatic heterocycles. The molecule has 1 aromatic carbocycles. The zero-order valence-electron chi connectivity index (χ0n) is 11.1. The van der Waals surface area contributed by atoms with Crippen molar-refractivity contribution in [1.29, 1.82) is 0 Å². The predicted octanol–water partition coefficient (Wildman–Crippen LogP) is 3.76. The summed E-state index contributed by atoms with van der Waals surface area (Å²) in [5.74, 6) is 0. The second-order valence-corrected chi connectivity index (χ2v) is 6.79. The van der Waals surface area contributed by atoms with Gasteiger partial charge in [0.1, 0.15) is 5.01 Å². The number of aryl methyl sites for hydroxylation is 1. The molecule has 0 aliphatic heterocycles. The lowest BCUT2D eigenvalue weighted by molar-refractivity contribution is 0.271. The van der Waals surface area contributed by atoms with E-state index in [0.29, 0.717) is 0 Å². The first-order valence-electron chi connectivity index (χ1n) is 6.73. The molecule has 96 valence electrons. The molecular weight excluding hydrogens is 240 g/mol. The van der Waals surface area contributed by atoms with Gasteiger partial charge in [0.05, 0.1) is 10.2 Å². The maximum Gasteiger partial charge on any atom is 0.101 e. The quantitative estimate of drug-likeness (QED) is 0.848. The standard InChI is InChI=1S/C15H20N2S/c1-10-6-7-11-12(9-10)18-14(17-11)15(2)8-4-3-5-13(15)16/h6-7,9,13H,3-5,8,16H2,1-2H3. The van der Waals surface area contributed by atoms with E-state index < -0.39 is 0 Å². The molecule has 1 saturated carbocycles. The van der Waals surface area contributed by atoms with Gasteiger partial charge in [-0.05, 0) is 37.5 Å². The lowest BCUT2D eigenvalue weighted by Gasteiger charge is -2.37. The first-order chi connectivity index (χ1) is 8.59. The zero-order valence-corrected chi connectivity index (χ0v) is 11.9. The van der Waals surface area contributed by atoms with Crippen molar-refractivity contribution in [1.82, 2.24) is 4.98 Å². The van der Waals surface area contributed by atoms with Crippen LogP contribution in [0.4, 0.5) is 0 Å². The largest absolute Gasteiger partial charge is 0.327 e. The molecule has 0 saturated heterocycles. The number of hydrogen-bond donors (Lipinski definition) is 1. The number of nitrogens with two attached hydrogens (primary N) is 1. The second kappa shape index (κ2) is 4.32. The van der Waals surface area contributed by atoms with Crippen LogP contribution in [0.25, 0.3) is 10.2 Å². The SMILES string of the molecule is Cc1ccc2nc(C3(C)CCCCC3N)sc2c1. The molecule has 0 spiro atoms. The van der Waals surface area contributed by atoms with E-state index in [-0.39, 0.29) is 11.5 Å². The highest BCUT2D eigenvalue weighted by atomic mass is 32.1. The molecule has 3 heteroatoms. The first-order valence-corrected chi connectivity index (χ1v) is 7.54. The van der Waals surface area contributed by atoms with E-state index in [0.717, 1.165) is 11.9 Å². The van der Waals surface area contributed by atoms with Gasteiger partial charge in [-0.1, -0.05) is 25.8 Å². The minimum absolute atomic E-state index is 0.0792. The van der Waals surface area contributed by atoms with Crippen LogP contribution in [0.15, 0.2) is 18.2 Å². The van der Waals surface area contributed by atoms with Crippen molar-refractivity contribution in [2.24, 2.45) is 5.73 Å². The minimum atomic E-state index is 0.0792. The van der Waals surface area contributed by atoms with Crippen molar-refractivity contribution in [3.63, 3.8) is 0 Å². The van der Waals surface area contributed by atoms with Crippen molar-refractivity contribution in [3.8, 4) is 0 Å². The van der Waals surface area contributed by atoms with E-state index in [2.05, 4.69) is 32.0 Å². The Hall–Kier alpha value is -0.930. The molecule has 2 unspecified atom stereocenters. The summed E-state index contributed by atoms with van der Waals surface area (Å²) in [5, 5.41) is 1.23. The monoisotopic (exact) mass is 260 g/mol. The Bertz CT molecular complexity index is 575. The van der Waals surface area contributed by atoms with E-state index in [4.69, 9.17) is 10.7 Å². The van der Waals surface area contributed by atoms with Crippen LogP contribution in [-0.2, 0) is 5.41 Å². The lowest BCUT2D eigenvalue weighted by atomic mass is 9.72. The van der Waals surface area contributed by atoms with Crippen LogP contribution in [0, 0.1) is 6.92 Å². The van der Waals surface area contributed by atoms with Crippen molar-refractivity contribution in [2.45, 2.75) is 51.0 Å². The van der Waals surface area contributed by atoms with E-state index in [1.165, 1.54) is 34.5 Å². The number of nitrogens with zero attached hydrogens (tertiary/aromatic N) is 1. The normalized spacial score (nSPS) is 28.7. The summed E-state index contributed by atoms with van der Waals surface area (Å²) in [6.45, 7) is 4.42. The van der Waals surface area contributed by atoms with Crippen molar-refractivity contribution in [3.05, 3.63) is 28.8 Å². The molecule has 0 bridgehead atoms. The second-order valence-electron chi connectivity index (χ2n) is 5.76. The summed E-state index contributed by atoms with van der Waals surface area (Å²) >= 11 is 1.83. The van der Waals surface area contributed by atoms with E-state index >= 15 is 0 Å². The summed E-state index contributed by atoms with van der Waals surface area (Å²) in [4.78, 5) is 4.84. The average Bonchev–Trinajstić information content (AvgIpc) is 2.76. The van der Waals surface area contributed by atoms with Gasteiger partial charge >= 0.3 is 0 Å². The van der Waals surface area contributed by atoms with Crippen molar-refractivity contribution >= 4 is 21.6 Å².